The predicted molar refractivity (Wildman–Crippen MR) is 113 cm³/mol. The third-order valence-electron chi connectivity index (χ3n) is 4.24. The molecule has 5 nitrogen and oxygen atoms in total. The maximum Gasteiger partial charge on any atom is 0.240 e. The van der Waals surface area contributed by atoms with Gasteiger partial charge in [-0.1, -0.05) is 43.7 Å². The number of aromatic nitrogens is 1. The SMILES string of the molecule is CCCCOc1ccc(S(=O)(=O)NCc2sc(-c3ccccc3)nc2C)cc1. The van der Waals surface area contributed by atoms with Crippen molar-refractivity contribution in [1.29, 1.82) is 0 Å². The van der Waals surface area contributed by atoms with Crippen LogP contribution in [-0.2, 0) is 16.6 Å². The van der Waals surface area contributed by atoms with Crippen molar-refractivity contribution in [2.45, 2.75) is 38.1 Å². The van der Waals surface area contributed by atoms with Gasteiger partial charge < -0.3 is 4.74 Å². The van der Waals surface area contributed by atoms with Crippen molar-refractivity contribution in [3.05, 3.63) is 65.2 Å². The first-order valence-corrected chi connectivity index (χ1v) is 11.5. The molecule has 0 fully saturated rings. The van der Waals surface area contributed by atoms with Crippen LogP contribution in [0.15, 0.2) is 59.5 Å². The van der Waals surface area contributed by atoms with Crippen LogP contribution in [-0.4, -0.2) is 20.0 Å². The van der Waals surface area contributed by atoms with Crippen LogP contribution in [0.4, 0.5) is 0 Å². The third kappa shape index (κ3) is 5.19. The molecule has 3 rings (SSSR count). The van der Waals surface area contributed by atoms with Gasteiger partial charge in [0, 0.05) is 17.0 Å². The monoisotopic (exact) mass is 416 g/mol. The topological polar surface area (TPSA) is 68.3 Å². The van der Waals surface area contributed by atoms with Crippen LogP contribution < -0.4 is 9.46 Å². The van der Waals surface area contributed by atoms with E-state index < -0.39 is 10.0 Å². The lowest BCUT2D eigenvalue weighted by Crippen LogP contribution is -2.23. The van der Waals surface area contributed by atoms with E-state index in [9.17, 15) is 8.42 Å². The van der Waals surface area contributed by atoms with Gasteiger partial charge >= 0.3 is 0 Å². The van der Waals surface area contributed by atoms with Gasteiger partial charge in [0.2, 0.25) is 10.0 Å². The molecule has 28 heavy (non-hydrogen) atoms. The summed E-state index contributed by atoms with van der Waals surface area (Å²) in [6, 6.07) is 16.4. The van der Waals surface area contributed by atoms with E-state index in [1.807, 2.05) is 37.3 Å². The average Bonchev–Trinajstić information content (AvgIpc) is 3.09. The number of thiazole rings is 1. The standard InChI is InChI=1S/C21H24N2O3S2/c1-3-4-14-26-18-10-12-19(13-11-18)28(24,25)22-15-20-16(2)23-21(27-20)17-8-6-5-7-9-17/h5-13,22H,3-4,14-15H2,1-2H3. The van der Waals surface area contributed by atoms with Gasteiger partial charge in [-0.25, -0.2) is 18.1 Å². The summed E-state index contributed by atoms with van der Waals surface area (Å²) in [6.45, 7) is 4.84. The van der Waals surface area contributed by atoms with Gasteiger partial charge in [-0.15, -0.1) is 11.3 Å². The Hall–Kier alpha value is -2.22. The summed E-state index contributed by atoms with van der Waals surface area (Å²) in [5.74, 6) is 0.679. The van der Waals surface area contributed by atoms with E-state index in [1.165, 1.54) is 11.3 Å². The number of benzene rings is 2. The maximum absolute atomic E-state index is 12.6. The fraction of sp³-hybridized carbons (Fsp3) is 0.286. The molecule has 1 heterocycles. The van der Waals surface area contributed by atoms with Gasteiger partial charge in [0.15, 0.2) is 0 Å². The second-order valence-electron chi connectivity index (χ2n) is 6.39. The zero-order chi connectivity index (χ0) is 20.0. The van der Waals surface area contributed by atoms with Crippen LogP contribution in [0, 0.1) is 6.92 Å². The zero-order valence-electron chi connectivity index (χ0n) is 16.0. The summed E-state index contributed by atoms with van der Waals surface area (Å²) >= 11 is 1.50. The Morgan fingerprint density at radius 1 is 1.07 bits per heavy atom. The Balaban J connectivity index is 1.66. The number of hydrogen-bond donors (Lipinski definition) is 1. The van der Waals surface area contributed by atoms with Gasteiger partial charge in [-0.05, 0) is 37.6 Å². The summed E-state index contributed by atoms with van der Waals surface area (Å²) < 4.78 is 33.4. The molecule has 0 saturated heterocycles. The second kappa shape index (κ2) is 9.32. The molecule has 1 N–H and O–H groups in total. The first kappa shape index (κ1) is 20.5. The van der Waals surface area contributed by atoms with Crippen LogP contribution in [0.25, 0.3) is 10.6 Å². The van der Waals surface area contributed by atoms with Gasteiger partial charge in [0.25, 0.3) is 0 Å². The van der Waals surface area contributed by atoms with E-state index in [-0.39, 0.29) is 11.4 Å². The molecule has 0 spiro atoms. The number of sulfonamides is 1. The Kier molecular flexibility index (Phi) is 6.83. The lowest BCUT2D eigenvalue weighted by Gasteiger charge is -2.08. The number of hydrogen-bond acceptors (Lipinski definition) is 5. The Morgan fingerprint density at radius 2 is 1.79 bits per heavy atom. The molecule has 0 unspecified atom stereocenters. The lowest BCUT2D eigenvalue weighted by atomic mass is 10.2. The van der Waals surface area contributed by atoms with Crippen molar-refractivity contribution >= 4 is 21.4 Å². The molecular weight excluding hydrogens is 392 g/mol. The lowest BCUT2D eigenvalue weighted by molar-refractivity contribution is 0.309. The third-order valence-corrected chi connectivity index (χ3v) is 6.86. The maximum atomic E-state index is 12.6. The van der Waals surface area contributed by atoms with Gasteiger partial charge in [0.05, 0.1) is 17.2 Å². The number of aryl methyl sites for hydroxylation is 1. The van der Waals surface area contributed by atoms with E-state index in [1.54, 1.807) is 24.3 Å². The predicted octanol–water partition coefficient (Wildman–Crippen LogP) is 4.78. The zero-order valence-corrected chi connectivity index (χ0v) is 17.6. The van der Waals surface area contributed by atoms with Gasteiger partial charge in [0.1, 0.15) is 10.8 Å². The van der Waals surface area contributed by atoms with Crippen molar-refractivity contribution < 1.29 is 13.2 Å². The van der Waals surface area contributed by atoms with Crippen LogP contribution in [0.5, 0.6) is 5.75 Å². The van der Waals surface area contributed by atoms with E-state index in [0.29, 0.717) is 12.4 Å². The molecule has 0 atom stereocenters. The van der Waals surface area contributed by atoms with Crippen molar-refractivity contribution in [1.82, 2.24) is 9.71 Å². The minimum absolute atomic E-state index is 0.216. The van der Waals surface area contributed by atoms with E-state index in [4.69, 9.17) is 4.74 Å². The van der Waals surface area contributed by atoms with Crippen LogP contribution in [0.1, 0.15) is 30.3 Å². The summed E-state index contributed by atoms with van der Waals surface area (Å²) in [5, 5.41) is 0.890. The molecule has 148 valence electrons. The van der Waals surface area contributed by atoms with E-state index in [0.717, 1.165) is 34.0 Å². The molecule has 0 saturated carbocycles. The molecule has 2 aromatic carbocycles. The fourth-order valence-corrected chi connectivity index (χ4v) is 4.68. The minimum Gasteiger partial charge on any atom is -0.494 e. The highest BCUT2D eigenvalue weighted by molar-refractivity contribution is 7.89. The number of nitrogens with one attached hydrogen (secondary N) is 1. The largest absolute Gasteiger partial charge is 0.494 e. The molecule has 1 aromatic heterocycles. The van der Waals surface area contributed by atoms with Crippen LogP contribution in [0.2, 0.25) is 0 Å². The Bertz CT molecular complexity index is 998. The van der Waals surface area contributed by atoms with Crippen molar-refractivity contribution in [3.63, 3.8) is 0 Å². The highest BCUT2D eigenvalue weighted by atomic mass is 32.2. The van der Waals surface area contributed by atoms with Crippen LogP contribution >= 0.6 is 11.3 Å². The van der Waals surface area contributed by atoms with Crippen molar-refractivity contribution in [2.24, 2.45) is 0 Å². The minimum atomic E-state index is -3.60. The number of unbranched alkanes of at least 4 members (excludes halogenated alkanes) is 1. The van der Waals surface area contributed by atoms with E-state index in [2.05, 4.69) is 16.6 Å². The Morgan fingerprint density at radius 3 is 2.46 bits per heavy atom. The smallest absolute Gasteiger partial charge is 0.240 e. The van der Waals surface area contributed by atoms with Crippen molar-refractivity contribution in [3.8, 4) is 16.3 Å². The van der Waals surface area contributed by atoms with Crippen molar-refractivity contribution in [2.75, 3.05) is 6.61 Å². The normalized spacial score (nSPS) is 11.5. The second-order valence-corrected chi connectivity index (χ2v) is 9.24. The number of nitrogens with zero attached hydrogens (tertiary/aromatic N) is 1. The highest BCUT2D eigenvalue weighted by Crippen LogP contribution is 2.28. The quantitative estimate of drug-likeness (QED) is 0.510. The highest BCUT2D eigenvalue weighted by Gasteiger charge is 2.16. The summed E-state index contributed by atoms with van der Waals surface area (Å²) in [4.78, 5) is 5.70. The molecular formula is C21H24N2O3S2. The molecule has 3 aromatic rings. The first-order valence-electron chi connectivity index (χ1n) is 9.24. The number of ether oxygens (including phenoxy) is 1. The molecule has 0 aliphatic rings. The van der Waals surface area contributed by atoms with Gasteiger partial charge in [-0.2, -0.15) is 0 Å². The van der Waals surface area contributed by atoms with Crippen LogP contribution in [0.3, 0.4) is 0 Å². The first-order chi connectivity index (χ1) is 13.5. The Labute approximate surface area is 170 Å². The summed E-state index contributed by atoms with van der Waals surface area (Å²) in [6.07, 6.45) is 2.03. The fourth-order valence-electron chi connectivity index (χ4n) is 2.59. The van der Waals surface area contributed by atoms with Gasteiger partial charge in [-0.3, -0.25) is 0 Å². The molecule has 0 bridgehead atoms. The summed E-state index contributed by atoms with van der Waals surface area (Å²) in [5.41, 5.74) is 1.87. The molecule has 0 aliphatic heterocycles. The average molecular weight is 417 g/mol. The summed E-state index contributed by atoms with van der Waals surface area (Å²) in [7, 11) is -3.60. The molecule has 0 amide bonds. The molecule has 7 heteroatoms. The van der Waals surface area contributed by atoms with E-state index >= 15 is 0 Å². The molecule has 0 aliphatic carbocycles. The molecule has 0 radical (unpaired) electrons. The number of rotatable bonds is 9.